The van der Waals surface area contributed by atoms with Crippen molar-refractivity contribution in [2.45, 2.75) is 18.5 Å². The summed E-state index contributed by atoms with van der Waals surface area (Å²) in [5.74, 6) is -0.216. The third kappa shape index (κ3) is 3.22. The highest BCUT2D eigenvalue weighted by molar-refractivity contribution is 6.07. The zero-order valence-electron chi connectivity index (χ0n) is 14.8. The Kier molecular flexibility index (Phi) is 4.47. The minimum absolute atomic E-state index is 0.216. The van der Waals surface area contributed by atoms with E-state index in [0.29, 0.717) is 6.42 Å². The predicted octanol–water partition coefficient (Wildman–Crippen LogP) is 3.88. The molecule has 0 saturated carbocycles. The molecule has 0 aromatic heterocycles. The van der Waals surface area contributed by atoms with Gasteiger partial charge in [0.2, 0.25) is 0 Å². The van der Waals surface area contributed by atoms with E-state index < -0.39 is 5.54 Å². The summed E-state index contributed by atoms with van der Waals surface area (Å²) in [6.07, 6.45) is 0.410. The van der Waals surface area contributed by atoms with Gasteiger partial charge < -0.3 is 5.32 Å². The van der Waals surface area contributed by atoms with E-state index in [0.717, 1.165) is 16.7 Å². The Morgan fingerprint density at radius 1 is 0.704 bits per heavy atom. The van der Waals surface area contributed by atoms with Crippen molar-refractivity contribution in [1.82, 2.24) is 10.2 Å². The Balaban J connectivity index is 1.73. The molecule has 3 aromatic carbocycles. The highest BCUT2D eigenvalue weighted by atomic mass is 16.2. The summed E-state index contributed by atoms with van der Waals surface area (Å²) in [5.41, 5.74) is 1.62. The number of carbonyl (C=O) groups excluding carboxylic acids is 2. The summed E-state index contributed by atoms with van der Waals surface area (Å²) in [5, 5.41) is 2.99. The SMILES string of the molecule is O=C1N[C@@](Cc2ccccc2)(c2ccccc2)C(=O)N1Cc1ccccc1. The number of nitrogens with zero attached hydrogens (tertiary/aromatic N) is 1. The van der Waals surface area contributed by atoms with E-state index in [-0.39, 0.29) is 18.5 Å². The quantitative estimate of drug-likeness (QED) is 0.706. The summed E-state index contributed by atoms with van der Waals surface area (Å²) in [4.78, 5) is 27.6. The van der Waals surface area contributed by atoms with Crippen LogP contribution in [-0.2, 0) is 23.3 Å². The number of hydrogen-bond donors (Lipinski definition) is 1. The fourth-order valence-electron chi connectivity index (χ4n) is 3.58. The molecule has 1 heterocycles. The molecule has 4 rings (SSSR count). The van der Waals surface area contributed by atoms with Gasteiger partial charge in [-0.1, -0.05) is 91.0 Å². The number of nitrogens with one attached hydrogen (secondary N) is 1. The fraction of sp³-hybridized carbons (Fsp3) is 0.130. The first kappa shape index (κ1) is 17.0. The van der Waals surface area contributed by atoms with Crippen molar-refractivity contribution in [2.75, 3.05) is 0 Å². The molecule has 1 aliphatic rings. The van der Waals surface area contributed by atoms with Crippen molar-refractivity contribution in [3.8, 4) is 0 Å². The zero-order valence-corrected chi connectivity index (χ0v) is 14.8. The number of imide groups is 1. The molecule has 1 aliphatic heterocycles. The first-order valence-corrected chi connectivity index (χ1v) is 8.96. The van der Waals surface area contributed by atoms with Crippen LogP contribution in [0.15, 0.2) is 91.0 Å². The molecule has 3 aromatic rings. The molecule has 3 amide bonds. The van der Waals surface area contributed by atoms with Gasteiger partial charge in [0.05, 0.1) is 6.54 Å². The Morgan fingerprint density at radius 3 is 1.81 bits per heavy atom. The summed E-state index contributed by atoms with van der Waals surface area (Å²) < 4.78 is 0. The number of benzene rings is 3. The van der Waals surface area contributed by atoms with Crippen LogP contribution in [0.2, 0.25) is 0 Å². The van der Waals surface area contributed by atoms with Crippen LogP contribution in [0, 0.1) is 0 Å². The number of carbonyl (C=O) groups is 2. The van der Waals surface area contributed by atoms with Gasteiger partial charge in [0.25, 0.3) is 5.91 Å². The van der Waals surface area contributed by atoms with Gasteiger partial charge in [0.1, 0.15) is 0 Å². The average Bonchev–Trinajstić information content (AvgIpc) is 2.95. The maximum Gasteiger partial charge on any atom is 0.325 e. The van der Waals surface area contributed by atoms with Gasteiger partial charge in [-0.2, -0.15) is 0 Å². The Morgan fingerprint density at radius 2 is 1.22 bits per heavy atom. The van der Waals surface area contributed by atoms with E-state index in [1.165, 1.54) is 4.90 Å². The molecular formula is C23H20N2O2. The van der Waals surface area contributed by atoms with Crippen LogP contribution >= 0.6 is 0 Å². The monoisotopic (exact) mass is 356 g/mol. The molecule has 0 aliphatic carbocycles. The van der Waals surface area contributed by atoms with E-state index in [9.17, 15) is 9.59 Å². The summed E-state index contributed by atoms with van der Waals surface area (Å²) in [6.45, 7) is 0.259. The largest absolute Gasteiger partial charge is 0.325 e. The number of hydrogen-bond acceptors (Lipinski definition) is 2. The van der Waals surface area contributed by atoms with Crippen LogP contribution in [-0.4, -0.2) is 16.8 Å². The molecule has 27 heavy (non-hydrogen) atoms. The Hall–Kier alpha value is -3.40. The lowest BCUT2D eigenvalue weighted by Crippen LogP contribution is -2.46. The lowest BCUT2D eigenvalue weighted by atomic mass is 9.83. The van der Waals surface area contributed by atoms with Gasteiger partial charge in [0, 0.05) is 6.42 Å². The number of urea groups is 1. The Labute approximate surface area is 158 Å². The molecule has 134 valence electrons. The van der Waals surface area contributed by atoms with E-state index in [2.05, 4.69) is 5.32 Å². The van der Waals surface area contributed by atoms with Crippen LogP contribution in [0.4, 0.5) is 4.79 Å². The van der Waals surface area contributed by atoms with Gasteiger partial charge in [-0.25, -0.2) is 4.79 Å². The maximum absolute atomic E-state index is 13.5. The van der Waals surface area contributed by atoms with Gasteiger partial charge in [0.15, 0.2) is 5.54 Å². The summed E-state index contributed by atoms with van der Waals surface area (Å²) >= 11 is 0. The smallest absolute Gasteiger partial charge is 0.319 e. The fourth-order valence-corrected chi connectivity index (χ4v) is 3.58. The van der Waals surface area contributed by atoms with Gasteiger partial charge in [-0.3, -0.25) is 9.69 Å². The molecule has 4 heteroatoms. The second-order valence-electron chi connectivity index (χ2n) is 6.74. The molecule has 4 nitrogen and oxygen atoms in total. The molecule has 0 unspecified atom stereocenters. The Bertz CT molecular complexity index is 942. The minimum atomic E-state index is -1.09. The molecule has 1 atom stereocenters. The second kappa shape index (κ2) is 7.08. The van der Waals surface area contributed by atoms with Crippen LogP contribution in [0.1, 0.15) is 16.7 Å². The third-order valence-electron chi connectivity index (χ3n) is 4.94. The first-order chi connectivity index (χ1) is 13.2. The van der Waals surface area contributed by atoms with Crippen LogP contribution in [0.25, 0.3) is 0 Å². The topological polar surface area (TPSA) is 49.4 Å². The average molecular weight is 356 g/mol. The first-order valence-electron chi connectivity index (χ1n) is 8.96. The van der Waals surface area contributed by atoms with Gasteiger partial charge in [-0.15, -0.1) is 0 Å². The minimum Gasteiger partial charge on any atom is -0.319 e. The molecule has 0 bridgehead atoms. The summed E-state index contributed by atoms with van der Waals surface area (Å²) in [6, 6.07) is 28.5. The number of amides is 3. The van der Waals surface area contributed by atoms with Crippen molar-refractivity contribution in [2.24, 2.45) is 0 Å². The molecule has 0 radical (unpaired) electrons. The standard InChI is InChI=1S/C23H20N2O2/c26-21-23(20-14-8-3-9-15-20,16-18-10-4-1-5-11-18)24-22(27)25(21)17-19-12-6-2-7-13-19/h1-15H,16-17H2,(H,24,27)/t23-/m0/s1. The molecular weight excluding hydrogens is 336 g/mol. The number of rotatable bonds is 5. The van der Waals surface area contributed by atoms with Crippen molar-refractivity contribution in [3.05, 3.63) is 108 Å². The van der Waals surface area contributed by atoms with Gasteiger partial charge >= 0.3 is 6.03 Å². The maximum atomic E-state index is 13.5. The van der Waals surface area contributed by atoms with Crippen LogP contribution in [0.5, 0.6) is 0 Å². The van der Waals surface area contributed by atoms with E-state index in [1.807, 2.05) is 91.0 Å². The van der Waals surface area contributed by atoms with E-state index in [4.69, 9.17) is 0 Å². The van der Waals surface area contributed by atoms with Crippen LogP contribution in [0.3, 0.4) is 0 Å². The lowest BCUT2D eigenvalue weighted by molar-refractivity contribution is -0.132. The lowest BCUT2D eigenvalue weighted by Gasteiger charge is -2.27. The van der Waals surface area contributed by atoms with Crippen LogP contribution < -0.4 is 5.32 Å². The van der Waals surface area contributed by atoms with Crippen molar-refractivity contribution in [1.29, 1.82) is 0 Å². The van der Waals surface area contributed by atoms with Crippen molar-refractivity contribution in [3.63, 3.8) is 0 Å². The molecule has 1 saturated heterocycles. The van der Waals surface area contributed by atoms with E-state index >= 15 is 0 Å². The van der Waals surface area contributed by atoms with Crippen molar-refractivity contribution < 1.29 is 9.59 Å². The highest BCUT2D eigenvalue weighted by Gasteiger charge is 2.52. The molecule has 0 spiro atoms. The highest BCUT2D eigenvalue weighted by Crippen LogP contribution is 2.33. The summed E-state index contributed by atoms with van der Waals surface area (Å²) in [7, 11) is 0. The zero-order chi connectivity index (χ0) is 18.7. The van der Waals surface area contributed by atoms with E-state index in [1.54, 1.807) is 0 Å². The molecule has 1 N–H and O–H groups in total. The normalized spacial score (nSPS) is 19.2. The second-order valence-corrected chi connectivity index (χ2v) is 6.74. The van der Waals surface area contributed by atoms with Crippen molar-refractivity contribution >= 4 is 11.9 Å². The van der Waals surface area contributed by atoms with Gasteiger partial charge in [-0.05, 0) is 16.7 Å². The predicted molar refractivity (Wildman–Crippen MR) is 104 cm³/mol. The third-order valence-corrected chi connectivity index (χ3v) is 4.94. The molecule has 1 fully saturated rings.